The first-order chi connectivity index (χ1) is 14.5. The summed E-state index contributed by atoms with van der Waals surface area (Å²) in [6.45, 7) is 5.61. The molecule has 7 nitrogen and oxygen atoms in total. The molecule has 0 saturated heterocycles. The Morgan fingerprint density at radius 2 is 1.74 bits per heavy atom. The summed E-state index contributed by atoms with van der Waals surface area (Å²) in [7, 11) is -3.74. The van der Waals surface area contributed by atoms with E-state index < -0.39 is 22.1 Å². The quantitative estimate of drug-likeness (QED) is 0.458. The first-order valence-corrected chi connectivity index (χ1v) is 10.8. The minimum Gasteiger partial charge on any atom is -0.456 e. The van der Waals surface area contributed by atoms with Gasteiger partial charge in [-0.3, -0.25) is 0 Å². The number of nitrogens with one attached hydrogen (secondary N) is 1. The fourth-order valence-corrected chi connectivity index (χ4v) is 4.38. The molecular formula is C20H18F3N3O4S. The van der Waals surface area contributed by atoms with E-state index in [1.54, 1.807) is 25.1 Å². The summed E-state index contributed by atoms with van der Waals surface area (Å²) >= 11 is 0. The van der Waals surface area contributed by atoms with Gasteiger partial charge in [0, 0.05) is 28.4 Å². The van der Waals surface area contributed by atoms with Gasteiger partial charge < -0.3 is 8.94 Å². The van der Waals surface area contributed by atoms with E-state index in [2.05, 4.69) is 19.4 Å². The average Bonchev–Trinajstić information content (AvgIpc) is 3.31. The number of hydrogen-bond donors (Lipinski definition) is 1. The fourth-order valence-electron chi connectivity index (χ4n) is 2.97. The maximum Gasteiger partial charge on any atom is 0.471 e. The number of alkyl halides is 3. The van der Waals surface area contributed by atoms with Gasteiger partial charge in [0.1, 0.15) is 11.2 Å². The maximum absolute atomic E-state index is 12.7. The van der Waals surface area contributed by atoms with E-state index in [0.717, 1.165) is 0 Å². The highest BCUT2D eigenvalue weighted by atomic mass is 32.2. The molecule has 31 heavy (non-hydrogen) atoms. The van der Waals surface area contributed by atoms with Crippen LogP contribution in [-0.4, -0.2) is 24.6 Å². The predicted octanol–water partition coefficient (Wildman–Crippen LogP) is 4.98. The van der Waals surface area contributed by atoms with Crippen LogP contribution >= 0.6 is 0 Å². The molecule has 2 aromatic heterocycles. The van der Waals surface area contributed by atoms with Gasteiger partial charge >= 0.3 is 12.1 Å². The molecule has 0 aliphatic rings. The molecule has 0 spiro atoms. The largest absolute Gasteiger partial charge is 0.471 e. The first kappa shape index (κ1) is 21.3. The number of benzene rings is 2. The Labute approximate surface area is 175 Å². The van der Waals surface area contributed by atoms with Crippen molar-refractivity contribution in [2.75, 3.05) is 0 Å². The summed E-state index contributed by atoms with van der Waals surface area (Å²) in [4.78, 5) is 3.45. The molecule has 1 atom stereocenters. The van der Waals surface area contributed by atoms with Gasteiger partial charge in [-0.25, -0.2) is 13.1 Å². The van der Waals surface area contributed by atoms with Crippen LogP contribution in [0.25, 0.3) is 33.3 Å². The Hall–Kier alpha value is -2.92. The van der Waals surface area contributed by atoms with Crippen LogP contribution in [0.15, 0.2) is 50.2 Å². The molecule has 4 aromatic rings. The number of sulfonamides is 1. The second kappa shape index (κ2) is 7.34. The third kappa shape index (κ3) is 4.02. The lowest BCUT2D eigenvalue weighted by Crippen LogP contribution is -2.36. The third-order valence-electron chi connectivity index (χ3n) is 5.02. The molecule has 164 valence electrons. The first-order valence-electron chi connectivity index (χ1n) is 9.35. The molecule has 0 amide bonds. The van der Waals surface area contributed by atoms with Crippen LogP contribution in [-0.2, 0) is 16.2 Å². The summed E-state index contributed by atoms with van der Waals surface area (Å²) in [5, 5.41) is 4.57. The van der Waals surface area contributed by atoms with Gasteiger partial charge in [0.25, 0.3) is 0 Å². The highest BCUT2D eigenvalue weighted by Gasteiger charge is 2.38. The summed E-state index contributed by atoms with van der Waals surface area (Å²) in [5.41, 5.74) is 1.08. The van der Waals surface area contributed by atoms with Crippen molar-refractivity contribution >= 4 is 32.0 Å². The highest BCUT2D eigenvalue weighted by molar-refractivity contribution is 7.89. The number of fused-ring (bicyclic) bond motifs is 3. The van der Waals surface area contributed by atoms with Gasteiger partial charge in [0.05, 0.1) is 4.90 Å². The number of rotatable bonds is 5. The second-order valence-corrected chi connectivity index (χ2v) is 9.26. The zero-order valence-electron chi connectivity index (χ0n) is 16.7. The molecule has 4 rings (SSSR count). The van der Waals surface area contributed by atoms with Crippen LogP contribution in [0.2, 0.25) is 0 Å². The molecule has 0 saturated carbocycles. The Kier molecular flexibility index (Phi) is 5.05. The van der Waals surface area contributed by atoms with Gasteiger partial charge in [-0.15, -0.1) is 0 Å². The molecule has 0 fully saturated rings. The smallest absolute Gasteiger partial charge is 0.456 e. The van der Waals surface area contributed by atoms with Crippen molar-refractivity contribution in [1.29, 1.82) is 0 Å². The summed E-state index contributed by atoms with van der Waals surface area (Å²) in [6, 6.07) is 8.84. The number of halogens is 3. The van der Waals surface area contributed by atoms with Crippen molar-refractivity contribution in [2.45, 2.75) is 37.9 Å². The Morgan fingerprint density at radius 1 is 1.00 bits per heavy atom. The number of furan rings is 1. The van der Waals surface area contributed by atoms with Crippen molar-refractivity contribution in [3.05, 3.63) is 42.3 Å². The summed E-state index contributed by atoms with van der Waals surface area (Å²) in [6.07, 6.45) is -4.74. The lowest BCUT2D eigenvalue weighted by molar-refractivity contribution is -0.159. The van der Waals surface area contributed by atoms with Crippen LogP contribution in [0.3, 0.4) is 0 Å². The second-order valence-electron chi connectivity index (χ2n) is 7.55. The van der Waals surface area contributed by atoms with Crippen LogP contribution in [0.4, 0.5) is 13.2 Å². The Bertz CT molecular complexity index is 1370. The zero-order valence-corrected chi connectivity index (χ0v) is 17.5. The van der Waals surface area contributed by atoms with Gasteiger partial charge in [-0.05, 0) is 43.2 Å². The van der Waals surface area contributed by atoms with Crippen molar-refractivity contribution in [3.8, 4) is 11.4 Å². The molecule has 0 unspecified atom stereocenters. The summed E-state index contributed by atoms with van der Waals surface area (Å²) < 4.78 is 76.1. The molecule has 0 aliphatic heterocycles. The van der Waals surface area contributed by atoms with Crippen molar-refractivity contribution in [1.82, 2.24) is 14.9 Å². The van der Waals surface area contributed by atoms with Crippen molar-refractivity contribution < 1.29 is 30.5 Å². The van der Waals surface area contributed by atoms with E-state index in [4.69, 9.17) is 4.42 Å². The average molecular weight is 453 g/mol. The zero-order chi connectivity index (χ0) is 22.6. The third-order valence-corrected chi connectivity index (χ3v) is 6.58. The molecule has 0 aliphatic carbocycles. The van der Waals surface area contributed by atoms with Crippen LogP contribution < -0.4 is 4.72 Å². The van der Waals surface area contributed by atoms with E-state index in [0.29, 0.717) is 27.5 Å². The van der Waals surface area contributed by atoms with E-state index in [9.17, 15) is 21.6 Å². The number of nitrogens with zero attached hydrogens (tertiary/aromatic N) is 2. The van der Waals surface area contributed by atoms with Gasteiger partial charge in [-0.2, -0.15) is 18.2 Å². The predicted molar refractivity (Wildman–Crippen MR) is 107 cm³/mol. The van der Waals surface area contributed by atoms with E-state index in [1.165, 1.54) is 18.2 Å². The fraction of sp³-hybridized carbons (Fsp3) is 0.300. The number of hydrogen-bond acceptors (Lipinski definition) is 6. The molecular weight excluding hydrogens is 435 g/mol. The Morgan fingerprint density at radius 3 is 2.39 bits per heavy atom. The minimum atomic E-state index is -4.74. The monoisotopic (exact) mass is 453 g/mol. The Balaban J connectivity index is 1.74. The maximum atomic E-state index is 12.7. The van der Waals surface area contributed by atoms with Gasteiger partial charge in [0.15, 0.2) is 0 Å². The lowest BCUT2D eigenvalue weighted by Gasteiger charge is -2.17. The topological polar surface area (TPSA) is 98.2 Å². The minimum absolute atomic E-state index is 0.0553. The molecule has 0 radical (unpaired) electrons. The SMILES string of the molecule is CC(C)[C@H](C)NS(=O)(=O)c1ccc2c(c1)oc1ccc(-c3noc(C(F)(F)F)n3)cc12. The lowest BCUT2D eigenvalue weighted by atomic mass is 10.1. The van der Waals surface area contributed by atoms with E-state index in [-0.39, 0.29) is 22.7 Å². The molecule has 1 N–H and O–H groups in total. The molecule has 0 bridgehead atoms. The standard InChI is InChI=1S/C20H18F3N3O4S/c1-10(2)11(3)26-31(27,28)13-5-6-14-15-8-12(4-7-16(15)29-17(14)9-13)18-24-19(30-25-18)20(21,22)23/h4-11,26H,1-3H3/t11-/m0/s1. The van der Waals surface area contributed by atoms with Crippen LogP contribution in [0.5, 0.6) is 0 Å². The highest BCUT2D eigenvalue weighted by Crippen LogP contribution is 2.34. The normalized spacial score (nSPS) is 14.0. The van der Waals surface area contributed by atoms with Gasteiger partial charge in [-0.1, -0.05) is 19.0 Å². The van der Waals surface area contributed by atoms with E-state index in [1.807, 2.05) is 13.8 Å². The molecule has 11 heteroatoms. The van der Waals surface area contributed by atoms with Crippen molar-refractivity contribution in [2.24, 2.45) is 5.92 Å². The van der Waals surface area contributed by atoms with Gasteiger partial charge in [0.2, 0.25) is 15.8 Å². The van der Waals surface area contributed by atoms with E-state index >= 15 is 0 Å². The number of aromatic nitrogens is 2. The molecule has 2 aromatic carbocycles. The molecule has 2 heterocycles. The summed E-state index contributed by atoms with van der Waals surface area (Å²) in [5.74, 6) is -1.53. The van der Waals surface area contributed by atoms with Crippen LogP contribution in [0.1, 0.15) is 26.7 Å². The van der Waals surface area contributed by atoms with Crippen molar-refractivity contribution in [3.63, 3.8) is 0 Å². The van der Waals surface area contributed by atoms with Crippen LogP contribution in [0, 0.1) is 5.92 Å².